The van der Waals surface area contributed by atoms with Gasteiger partial charge in [0.15, 0.2) is 5.96 Å². The molecule has 0 fully saturated rings. The van der Waals surface area contributed by atoms with Crippen LogP contribution in [0.25, 0.3) is 0 Å². The molecule has 0 rings (SSSR count). The Kier molecular flexibility index (Phi) is 4.49. The van der Waals surface area contributed by atoms with Gasteiger partial charge in [-0.15, -0.1) is 0 Å². The summed E-state index contributed by atoms with van der Waals surface area (Å²) in [7, 11) is 1.04. The quantitative estimate of drug-likeness (QED) is 0.204. The van der Waals surface area contributed by atoms with Crippen LogP contribution in [0.2, 0.25) is 0 Å². The topological polar surface area (TPSA) is 134 Å². The zero-order valence-corrected chi connectivity index (χ0v) is 8.60. The Hall–Kier alpha value is -1.86. The number of guanidine groups is 1. The van der Waals surface area contributed by atoms with E-state index in [4.69, 9.17) is 11.5 Å². The summed E-state index contributed by atoms with van der Waals surface area (Å²) in [6, 6.07) is 0. The van der Waals surface area contributed by atoms with Crippen LogP contribution in [0, 0.1) is 10.1 Å². The third-order valence-electron chi connectivity index (χ3n) is 1.73. The third kappa shape index (κ3) is 2.79. The van der Waals surface area contributed by atoms with Crippen LogP contribution < -0.4 is 11.5 Å². The molecule has 0 aliphatic carbocycles. The molecule has 0 aliphatic rings. The van der Waals surface area contributed by atoms with E-state index in [0.717, 1.165) is 7.11 Å². The summed E-state index contributed by atoms with van der Waals surface area (Å²) in [5.74, 6) is -1.60. The smallest absolute Gasteiger partial charge is 0.412 e. The highest BCUT2D eigenvalue weighted by atomic mass is 16.6. The van der Waals surface area contributed by atoms with E-state index in [2.05, 4.69) is 9.73 Å². The number of carbonyl (C=O) groups excluding carboxylic acids is 1. The van der Waals surface area contributed by atoms with E-state index < -0.39 is 22.5 Å². The van der Waals surface area contributed by atoms with E-state index in [-0.39, 0.29) is 6.42 Å². The zero-order valence-electron chi connectivity index (χ0n) is 8.60. The number of esters is 1. The second kappa shape index (κ2) is 5.13. The highest BCUT2D eigenvalue weighted by Gasteiger charge is 2.52. The molecule has 0 amide bonds. The first-order valence-corrected chi connectivity index (χ1v) is 4.24. The van der Waals surface area contributed by atoms with Gasteiger partial charge in [0.25, 0.3) is 0 Å². The minimum Gasteiger partial charge on any atom is -0.462 e. The fourth-order valence-corrected chi connectivity index (χ4v) is 1.14. The van der Waals surface area contributed by atoms with E-state index >= 15 is 0 Å². The summed E-state index contributed by atoms with van der Waals surface area (Å²) >= 11 is 0. The van der Waals surface area contributed by atoms with Crippen LogP contribution in [0.3, 0.4) is 0 Å². The number of hydrogen-bond donors (Lipinski definition) is 2. The molecule has 1 unspecified atom stereocenters. The molecule has 0 heterocycles. The summed E-state index contributed by atoms with van der Waals surface area (Å²) in [5.41, 5.74) is 7.89. The Balaban J connectivity index is 5.36. The summed E-state index contributed by atoms with van der Waals surface area (Å²) < 4.78 is 4.33. The Bertz CT molecular complexity index is 287. The SMILES string of the molecule is CCCC(N=C(N)N)(C(=O)OC)[N+](=O)[O-]. The van der Waals surface area contributed by atoms with Crippen LogP contribution in [0.1, 0.15) is 19.8 Å². The Labute approximate surface area is 86.4 Å². The molecule has 0 bridgehead atoms. The van der Waals surface area contributed by atoms with E-state index in [0.29, 0.717) is 6.42 Å². The molecule has 0 aliphatic heterocycles. The monoisotopic (exact) mass is 218 g/mol. The Morgan fingerprint density at radius 2 is 2.13 bits per heavy atom. The van der Waals surface area contributed by atoms with Crippen molar-refractivity contribution in [2.75, 3.05) is 7.11 Å². The summed E-state index contributed by atoms with van der Waals surface area (Å²) in [5, 5.41) is 10.8. The van der Waals surface area contributed by atoms with Crippen LogP contribution in [-0.2, 0) is 9.53 Å². The number of hydrogen-bond acceptors (Lipinski definition) is 5. The van der Waals surface area contributed by atoms with Gasteiger partial charge in [-0.1, -0.05) is 6.92 Å². The van der Waals surface area contributed by atoms with Crippen LogP contribution in [0.15, 0.2) is 4.99 Å². The molecule has 8 nitrogen and oxygen atoms in total. The Morgan fingerprint density at radius 3 is 2.40 bits per heavy atom. The van der Waals surface area contributed by atoms with Crippen molar-refractivity contribution in [3.63, 3.8) is 0 Å². The van der Waals surface area contributed by atoms with Crippen molar-refractivity contribution in [2.24, 2.45) is 16.5 Å². The van der Waals surface area contributed by atoms with Gasteiger partial charge >= 0.3 is 11.6 Å². The van der Waals surface area contributed by atoms with Crippen molar-refractivity contribution in [1.82, 2.24) is 0 Å². The van der Waals surface area contributed by atoms with Crippen molar-refractivity contribution in [3.05, 3.63) is 10.1 Å². The van der Waals surface area contributed by atoms with Crippen molar-refractivity contribution < 1.29 is 14.5 Å². The van der Waals surface area contributed by atoms with Gasteiger partial charge in [-0.05, 0) is 6.42 Å². The first-order chi connectivity index (χ1) is 6.90. The summed E-state index contributed by atoms with van der Waals surface area (Å²) in [6.45, 7) is 1.67. The Morgan fingerprint density at radius 1 is 1.60 bits per heavy atom. The lowest BCUT2D eigenvalue weighted by Gasteiger charge is -2.17. The summed E-state index contributed by atoms with van der Waals surface area (Å²) in [6.07, 6.45) is 0.247. The van der Waals surface area contributed by atoms with Crippen LogP contribution >= 0.6 is 0 Å². The highest BCUT2D eigenvalue weighted by Crippen LogP contribution is 2.20. The molecular formula is C7H14N4O4. The number of nitro groups is 1. The van der Waals surface area contributed by atoms with E-state index in [1.807, 2.05) is 0 Å². The number of nitrogens with zero attached hydrogens (tertiary/aromatic N) is 2. The van der Waals surface area contributed by atoms with E-state index in [1.165, 1.54) is 0 Å². The third-order valence-corrected chi connectivity index (χ3v) is 1.73. The lowest BCUT2D eigenvalue weighted by atomic mass is 10.1. The van der Waals surface area contributed by atoms with Gasteiger partial charge in [-0.2, -0.15) is 4.99 Å². The van der Waals surface area contributed by atoms with Gasteiger partial charge in [-0.25, -0.2) is 4.79 Å². The van der Waals surface area contributed by atoms with Crippen molar-refractivity contribution in [1.29, 1.82) is 0 Å². The van der Waals surface area contributed by atoms with Gasteiger partial charge in [0, 0.05) is 0 Å². The zero-order chi connectivity index (χ0) is 12.1. The number of ether oxygens (including phenoxy) is 1. The molecule has 8 heteroatoms. The fourth-order valence-electron chi connectivity index (χ4n) is 1.14. The number of aliphatic imine (C=N–C) groups is 1. The number of nitrogens with two attached hydrogens (primary N) is 2. The van der Waals surface area contributed by atoms with Gasteiger partial charge in [0.05, 0.1) is 18.5 Å². The van der Waals surface area contributed by atoms with Crippen LogP contribution in [-0.4, -0.2) is 29.6 Å². The van der Waals surface area contributed by atoms with Crippen molar-refractivity contribution in [3.8, 4) is 0 Å². The van der Waals surface area contributed by atoms with Gasteiger partial charge < -0.3 is 16.2 Å². The molecule has 86 valence electrons. The molecule has 1 atom stereocenters. The number of methoxy groups -OCH3 is 1. The molecule has 0 aromatic carbocycles. The summed E-state index contributed by atoms with van der Waals surface area (Å²) in [4.78, 5) is 24.7. The number of carbonyl (C=O) groups is 1. The molecule has 4 N–H and O–H groups in total. The van der Waals surface area contributed by atoms with Gasteiger partial charge in [0.2, 0.25) is 0 Å². The minimum atomic E-state index is -2.22. The normalized spacial score (nSPS) is 13.7. The maximum Gasteiger partial charge on any atom is 0.412 e. The maximum absolute atomic E-state index is 11.3. The standard InChI is InChI=1S/C7H14N4O4/c1-3-4-7(11(13)14,5(12)15-2)10-6(8)9/h3-4H2,1-2H3,(H4,8,9,10). The first-order valence-electron chi connectivity index (χ1n) is 4.24. The minimum absolute atomic E-state index is 0.120. The average Bonchev–Trinajstić information content (AvgIpc) is 2.14. The molecule has 15 heavy (non-hydrogen) atoms. The van der Waals surface area contributed by atoms with Gasteiger partial charge in [-0.3, -0.25) is 10.1 Å². The molecule has 0 saturated carbocycles. The van der Waals surface area contributed by atoms with Crippen LogP contribution in [0.5, 0.6) is 0 Å². The van der Waals surface area contributed by atoms with E-state index in [1.54, 1.807) is 6.92 Å². The molecule has 0 saturated heterocycles. The average molecular weight is 218 g/mol. The fraction of sp³-hybridized carbons (Fsp3) is 0.714. The second-order valence-electron chi connectivity index (χ2n) is 2.85. The van der Waals surface area contributed by atoms with E-state index in [9.17, 15) is 14.9 Å². The molecule has 0 spiro atoms. The largest absolute Gasteiger partial charge is 0.462 e. The lowest BCUT2D eigenvalue weighted by Crippen LogP contribution is -2.48. The predicted molar refractivity (Wildman–Crippen MR) is 52.5 cm³/mol. The predicted octanol–water partition coefficient (Wildman–Crippen LogP) is -0.794. The van der Waals surface area contributed by atoms with Gasteiger partial charge in [0.1, 0.15) is 0 Å². The molecular weight excluding hydrogens is 204 g/mol. The lowest BCUT2D eigenvalue weighted by molar-refractivity contribution is -0.554. The molecule has 0 aromatic heterocycles. The van der Waals surface area contributed by atoms with Crippen molar-refractivity contribution in [2.45, 2.75) is 25.4 Å². The van der Waals surface area contributed by atoms with Crippen LogP contribution in [0.4, 0.5) is 0 Å². The highest BCUT2D eigenvalue weighted by molar-refractivity contribution is 5.84. The first kappa shape index (κ1) is 13.1. The molecule has 0 aromatic rings. The maximum atomic E-state index is 11.3. The second-order valence-corrected chi connectivity index (χ2v) is 2.85. The molecule has 0 radical (unpaired) electrons. The number of rotatable bonds is 5. The van der Waals surface area contributed by atoms with Crippen molar-refractivity contribution >= 4 is 11.9 Å².